The maximum atomic E-state index is 14.0. The topological polar surface area (TPSA) is 69.6 Å². The fraction of sp³-hybridized carbons (Fsp3) is 0.385. The number of carbonyl (C=O) groups is 2. The van der Waals surface area contributed by atoms with Crippen molar-refractivity contribution in [2.24, 2.45) is 0 Å². The number of anilines is 2. The highest BCUT2D eigenvalue weighted by atomic mass is 19.1. The molecule has 19 heavy (non-hydrogen) atoms. The molecule has 1 aliphatic heterocycles. The van der Waals surface area contributed by atoms with Crippen molar-refractivity contribution in [1.29, 1.82) is 0 Å². The summed E-state index contributed by atoms with van der Waals surface area (Å²) < 4.78 is 14.0. The largest absolute Gasteiger partial charge is 0.394 e. The molecule has 0 saturated carbocycles. The van der Waals surface area contributed by atoms with Gasteiger partial charge in [0.15, 0.2) is 0 Å². The van der Waals surface area contributed by atoms with Crippen molar-refractivity contribution < 1.29 is 19.1 Å². The lowest BCUT2D eigenvalue weighted by Gasteiger charge is -2.36. The Hall–Kier alpha value is -1.95. The Morgan fingerprint density at radius 3 is 2.58 bits per heavy atom. The number of nitrogens with zero attached hydrogens (tertiary/aromatic N) is 1. The van der Waals surface area contributed by atoms with E-state index in [1.807, 2.05) is 0 Å². The number of amides is 1. The minimum Gasteiger partial charge on any atom is -0.394 e. The molecule has 1 aromatic carbocycles. The fourth-order valence-corrected chi connectivity index (χ4v) is 1.84. The summed E-state index contributed by atoms with van der Waals surface area (Å²) in [5, 5.41) is 11.7. The van der Waals surface area contributed by atoms with Crippen LogP contribution in [0.5, 0.6) is 0 Å². The minimum atomic E-state index is -0.754. The third kappa shape index (κ3) is 2.08. The predicted molar refractivity (Wildman–Crippen MR) is 68.9 cm³/mol. The summed E-state index contributed by atoms with van der Waals surface area (Å²) in [6.07, 6.45) is 0. The van der Waals surface area contributed by atoms with Crippen LogP contribution in [0.2, 0.25) is 0 Å². The molecule has 0 atom stereocenters. The summed E-state index contributed by atoms with van der Waals surface area (Å²) in [5.41, 5.74) is -0.108. The molecule has 0 unspecified atom stereocenters. The molecule has 0 spiro atoms. The van der Waals surface area contributed by atoms with E-state index in [1.165, 1.54) is 6.07 Å². The first-order valence-corrected chi connectivity index (χ1v) is 5.82. The highest BCUT2D eigenvalue weighted by Crippen LogP contribution is 2.33. The Morgan fingerprint density at radius 2 is 2.00 bits per heavy atom. The zero-order chi connectivity index (χ0) is 14.4. The lowest BCUT2D eigenvalue weighted by Crippen LogP contribution is -2.44. The number of likely N-dealkylation sites (N-methyl/N-ethyl adjacent to an activating group) is 1. The van der Waals surface area contributed by atoms with E-state index in [9.17, 15) is 19.1 Å². The van der Waals surface area contributed by atoms with Crippen LogP contribution in [0.15, 0.2) is 12.1 Å². The number of benzene rings is 1. The average molecular weight is 266 g/mol. The van der Waals surface area contributed by atoms with Gasteiger partial charge in [-0.3, -0.25) is 9.59 Å². The molecule has 102 valence electrons. The molecule has 0 fully saturated rings. The molecule has 0 aromatic heterocycles. The van der Waals surface area contributed by atoms with Crippen LogP contribution in [0.3, 0.4) is 0 Å². The smallest absolute Gasteiger partial charge is 0.296 e. The van der Waals surface area contributed by atoms with Crippen molar-refractivity contribution >= 4 is 23.1 Å². The third-order valence-electron chi connectivity index (χ3n) is 3.44. The summed E-state index contributed by atoms with van der Waals surface area (Å²) >= 11 is 0. The van der Waals surface area contributed by atoms with Crippen molar-refractivity contribution in [2.75, 3.05) is 23.9 Å². The molecule has 5 nitrogen and oxygen atoms in total. The summed E-state index contributed by atoms with van der Waals surface area (Å²) in [4.78, 5) is 24.3. The Kier molecular flexibility index (Phi) is 3.06. The van der Waals surface area contributed by atoms with Gasteiger partial charge >= 0.3 is 0 Å². The predicted octanol–water partition coefficient (Wildman–Crippen LogP) is 1.17. The van der Waals surface area contributed by atoms with E-state index in [-0.39, 0.29) is 17.9 Å². The van der Waals surface area contributed by atoms with Gasteiger partial charge in [-0.15, -0.1) is 0 Å². The van der Waals surface area contributed by atoms with Crippen molar-refractivity contribution in [3.8, 4) is 0 Å². The molecule has 0 radical (unpaired) electrons. The number of nitrogens with one attached hydrogen (secondary N) is 1. The maximum absolute atomic E-state index is 14.0. The highest BCUT2D eigenvalue weighted by Gasteiger charge is 2.32. The van der Waals surface area contributed by atoms with Gasteiger partial charge in [0.05, 0.1) is 29.1 Å². The van der Waals surface area contributed by atoms with Gasteiger partial charge < -0.3 is 15.3 Å². The lowest BCUT2D eigenvalue weighted by molar-refractivity contribution is -0.112. The second kappa shape index (κ2) is 4.31. The highest BCUT2D eigenvalue weighted by molar-refractivity contribution is 6.51. The van der Waals surface area contributed by atoms with Crippen LogP contribution in [0.1, 0.15) is 24.2 Å². The number of aliphatic hydroxyl groups excluding tert-OH is 1. The Bertz CT molecular complexity index is 569. The molecule has 6 heteroatoms. The third-order valence-corrected chi connectivity index (χ3v) is 3.44. The van der Waals surface area contributed by atoms with Crippen molar-refractivity contribution in [1.82, 2.24) is 0 Å². The van der Waals surface area contributed by atoms with Gasteiger partial charge in [-0.25, -0.2) is 4.39 Å². The van der Waals surface area contributed by atoms with Gasteiger partial charge in [0, 0.05) is 7.05 Å². The minimum absolute atomic E-state index is 0.0430. The summed E-state index contributed by atoms with van der Waals surface area (Å²) in [6, 6.07) is 2.46. The number of rotatable bonds is 3. The SMILES string of the molecule is CN(c1cc2c(cc1F)C(=O)C(=O)N2)C(C)(C)CO. The van der Waals surface area contributed by atoms with E-state index in [0.717, 1.165) is 6.07 Å². The van der Waals surface area contributed by atoms with E-state index in [4.69, 9.17) is 0 Å². The summed E-state index contributed by atoms with van der Waals surface area (Å²) in [7, 11) is 1.64. The van der Waals surface area contributed by atoms with E-state index < -0.39 is 23.0 Å². The van der Waals surface area contributed by atoms with E-state index >= 15 is 0 Å². The number of halogens is 1. The number of hydrogen-bond donors (Lipinski definition) is 2. The molecule has 0 bridgehead atoms. The van der Waals surface area contributed by atoms with Crippen LogP contribution in [-0.2, 0) is 4.79 Å². The zero-order valence-corrected chi connectivity index (χ0v) is 11.0. The van der Waals surface area contributed by atoms with Gasteiger partial charge in [-0.1, -0.05) is 0 Å². The normalized spacial score (nSPS) is 14.4. The van der Waals surface area contributed by atoms with E-state index in [0.29, 0.717) is 5.69 Å². The Labute approximate surface area is 110 Å². The molecule has 1 aliphatic rings. The first-order chi connectivity index (χ1) is 8.77. The second-order valence-electron chi connectivity index (χ2n) is 5.16. The molecule has 2 N–H and O–H groups in total. The van der Waals surface area contributed by atoms with E-state index in [1.54, 1.807) is 25.8 Å². The van der Waals surface area contributed by atoms with Gasteiger partial charge in [0.25, 0.3) is 11.7 Å². The van der Waals surface area contributed by atoms with Gasteiger partial charge in [-0.05, 0) is 26.0 Å². The van der Waals surface area contributed by atoms with Crippen molar-refractivity contribution in [3.05, 3.63) is 23.5 Å². The maximum Gasteiger partial charge on any atom is 0.296 e. The summed E-state index contributed by atoms with van der Waals surface area (Å²) in [5.74, 6) is -2.09. The summed E-state index contributed by atoms with van der Waals surface area (Å²) in [6.45, 7) is 3.35. The Balaban J connectivity index is 2.49. The monoisotopic (exact) mass is 266 g/mol. The molecule has 1 heterocycles. The van der Waals surface area contributed by atoms with Crippen LogP contribution in [-0.4, -0.2) is 36.0 Å². The van der Waals surface area contributed by atoms with Crippen LogP contribution in [0.25, 0.3) is 0 Å². The standard InChI is InChI=1S/C13H15FN2O3/c1-13(2,6-17)16(3)10-5-9-7(4-8(10)14)11(18)12(19)15-9/h4-5,17H,6H2,1-3H3,(H,15,18,19). The quantitative estimate of drug-likeness (QED) is 0.806. The van der Waals surface area contributed by atoms with Crippen LogP contribution >= 0.6 is 0 Å². The van der Waals surface area contributed by atoms with Gasteiger partial charge in [0.1, 0.15) is 5.82 Å². The number of ketones is 1. The number of Topliss-reactive ketones (excluding diaryl/α,β-unsaturated/α-hetero) is 1. The molecular weight excluding hydrogens is 251 g/mol. The molecule has 0 saturated heterocycles. The van der Waals surface area contributed by atoms with Crippen LogP contribution < -0.4 is 10.2 Å². The number of hydrogen-bond acceptors (Lipinski definition) is 4. The zero-order valence-electron chi connectivity index (χ0n) is 11.0. The first-order valence-electron chi connectivity index (χ1n) is 5.82. The number of fused-ring (bicyclic) bond motifs is 1. The first kappa shape index (κ1) is 13.5. The van der Waals surface area contributed by atoms with Crippen molar-refractivity contribution in [2.45, 2.75) is 19.4 Å². The second-order valence-corrected chi connectivity index (χ2v) is 5.16. The molecule has 1 amide bonds. The molecule has 1 aromatic rings. The van der Waals surface area contributed by atoms with Crippen molar-refractivity contribution in [3.63, 3.8) is 0 Å². The van der Waals surface area contributed by atoms with Crippen LogP contribution in [0, 0.1) is 5.82 Å². The molecule has 2 rings (SSSR count). The average Bonchev–Trinajstić information content (AvgIpc) is 2.64. The Morgan fingerprint density at radius 1 is 1.37 bits per heavy atom. The van der Waals surface area contributed by atoms with Gasteiger partial charge in [0.2, 0.25) is 0 Å². The lowest BCUT2D eigenvalue weighted by atomic mass is 10.0. The molecule has 0 aliphatic carbocycles. The van der Waals surface area contributed by atoms with Gasteiger partial charge in [-0.2, -0.15) is 0 Å². The number of aliphatic hydroxyl groups is 1. The fourth-order valence-electron chi connectivity index (χ4n) is 1.84. The van der Waals surface area contributed by atoms with Crippen LogP contribution in [0.4, 0.5) is 15.8 Å². The van der Waals surface area contributed by atoms with E-state index in [2.05, 4.69) is 5.32 Å². The number of carbonyl (C=O) groups excluding carboxylic acids is 2. The molecular formula is C13H15FN2O3.